The standard InChI is InChI=1S/C21H24N2O2/c1-20(2)17-10-9-16(23-19(25)14-7-5-4-6-8-14)12-21(17,3)11-15(13-22)18(20)24/h4-8,11,16-17H,9-10,12H2,1-3H3,(H,23,25)/t16-,17+,21+/m0/s1. The van der Waals surface area contributed by atoms with Gasteiger partial charge in [-0.2, -0.15) is 5.26 Å². The van der Waals surface area contributed by atoms with Crippen LogP contribution in [0.1, 0.15) is 50.4 Å². The fourth-order valence-corrected chi connectivity index (χ4v) is 4.78. The van der Waals surface area contributed by atoms with Crippen LogP contribution < -0.4 is 5.32 Å². The SMILES string of the molecule is CC1(C)C(=O)C(C#N)=C[C@]2(C)C[C@@H](NC(=O)c3ccccc3)CC[C@H]12. The number of fused-ring (bicyclic) bond motifs is 1. The topological polar surface area (TPSA) is 70.0 Å². The van der Waals surface area contributed by atoms with Crippen molar-refractivity contribution >= 4 is 11.7 Å². The highest BCUT2D eigenvalue weighted by molar-refractivity contribution is 6.04. The molecular formula is C21H24N2O2. The molecule has 0 saturated heterocycles. The number of ketones is 1. The van der Waals surface area contributed by atoms with Gasteiger partial charge in [0.05, 0.1) is 5.57 Å². The summed E-state index contributed by atoms with van der Waals surface area (Å²) >= 11 is 0. The van der Waals surface area contributed by atoms with Crippen LogP contribution in [0.5, 0.6) is 0 Å². The molecule has 1 aromatic carbocycles. The number of hydrogen-bond acceptors (Lipinski definition) is 3. The molecule has 1 aromatic rings. The van der Waals surface area contributed by atoms with Crippen molar-refractivity contribution in [3.63, 3.8) is 0 Å². The second kappa shape index (κ2) is 6.15. The Morgan fingerprint density at radius 3 is 2.52 bits per heavy atom. The van der Waals surface area contributed by atoms with Crippen LogP contribution in [-0.4, -0.2) is 17.7 Å². The first kappa shape index (κ1) is 17.4. The fraction of sp³-hybridized carbons (Fsp3) is 0.476. The van der Waals surface area contributed by atoms with Gasteiger partial charge in [0.2, 0.25) is 0 Å². The monoisotopic (exact) mass is 336 g/mol. The van der Waals surface area contributed by atoms with E-state index in [0.29, 0.717) is 5.56 Å². The van der Waals surface area contributed by atoms with Crippen molar-refractivity contribution < 1.29 is 9.59 Å². The van der Waals surface area contributed by atoms with Crippen molar-refractivity contribution in [2.75, 3.05) is 0 Å². The molecule has 0 unspecified atom stereocenters. The Bertz CT molecular complexity index is 773. The van der Waals surface area contributed by atoms with Gasteiger partial charge in [-0.3, -0.25) is 9.59 Å². The summed E-state index contributed by atoms with van der Waals surface area (Å²) in [7, 11) is 0. The summed E-state index contributed by atoms with van der Waals surface area (Å²) in [5.41, 5.74) is 0.124. The molecule has 130 valence electrons. The zero-order valence-electron chi connectivity index (χ0n) is 15.0. The molecule has 0 radical (unpaired) electrons. The highest BCUT2D eigenvalue weighted by Gasteiger charge is 2.53. The molecule has 0 bridgehead atoms. The molecule has 0 aliphatic heterocycles. The molecule has 4 heteroatoms. The predicted molar refractivity (Wildman–Crippen MR) is 95.6 cm³/mol. The lowest BCUT2D eigenvalue weighted by Gasteiger charge is -2.52. The lowest BCUT2D eigenvalue weighted by Crippen LogP contribution is -2.53. The lowest BCUT2D eigenvalue weighted by molar-refractivity contribution is -0.131. The number of hydrogen-bond donors (Lipinski definition) is 1. The van der Waals surface area contributed by atoms with Crippen molar-refractivity contribution in [3.05, 3.63) is 47.5 Å². The molecular weight excluding hydrogens is 312 g/mol. The van der Waals surface area contributed by atoms with Crippen LogP contribution in [0.2, 0.25) is 0 Å². The third-order valence-electron chi connectivity index (χ3n) is 5.95. The first-order chi connectivity index (χ1) is 11.8. The Morgan fingerprint density at radius 2 is 1.88 bits per heavy atom. The van der Waals surface area contributed by atoms with Gasteiger partial charge in [-0.1, -0.05) is 45.0 Å². The lowest BCUT2D eigenvalue weighted by atomic mass is 9.52. The van der Waals surface area contributed by atoms with Gasteiger partial charge < -0.3 is 5.32 Å². The number of nitrogens with one attached hydrogen (secondary N) is 1. The number of allylic oxidation sites excluding steroid dienone is 2. The average Bonchev–Trinajstić information content (AvgIpc) is 2.58. The normalized spacial score (nSPS) is 30.6. The molecule has 4 nitrogen and oxygen atoms in total. The molecule has 3 atom stereocenters. The van der Waals surface area contributed by atoms with Crippen LogP contribution in [0.25, 0.3) is 0 Å². The first-order valence-electron chi connectivity index (χ1n) is 8.81. The van der Waals surface area contributed by atoms with Crippen molar-refractivity contribution in [1.82, 2.24) is 5.32 Å². The van der Waals surface area contributed by atoms with Gasteiger partial charge >= 0.3 is 0 Å². The van der Waals surface area contributed by atoms with Crippen LogP contribution in [0.3, 0.4) is 0 Å². The average molecular weight is 336 g/mol. The molecule has 1 N–H and O–H groups in total. The van der Waals surface area contributed by atoms with E-state index in [4.69, 9.17) is 0 Å². The van der Waals surface area contributed by atoms with Crippen LogP contribution in [0.15, 0.2) is 42.0 Å². The molecule has 1 saturated carbocycles. The summed E-state index contributed by atoms with van der Waals surface area (Å²) in [5, 5.41) is 12.5. The highest BCUT2D eigenvalue weighted by Crippen LogP contribution is 2.55. The Hall–Kier alpha value is -2.41. The summed E-state index contributed by atoms with van der Waals surface area (Å²) in [6, 6.07) is 11.3. The van der Waals surface area contributed by atoms with E-state index in [1.807, 2.05) is 38.1 Å². The Labute approximate surface area is 148 Å². The van der Waals surface area contributed by atoms with Crippen molar-refractivity contribution in [2.45, 2.75) is 46.1 Å². The van der Waals surface area contributed by atoms with Crippen LogP contribution in [0.4, 0.5) is 0 Å². The summed E-state index contributed by atoms with van der Waals surface area (Å²) in [6.07, 6.45) is 4.32. The van der Waals surface area contributed by atoms with Gasteiger partial charge in [-0.25, -0.2) is 0 Å². The number of benzene rings is 1. The molecule has 0 heterocycles. The van der Waals surface area contributed by atoms with Gasteiger partial charge in [0.1, 0.15) is 6.07 Å². The van der Waals surface area contributed by atoms with E-state index in [9.17, 15) is 14.9 Å². The van der Waals surface area contributed by atoms with E-state index >= 15 is 0 Å². The van der Waals surface area contributed by atoms with Gasteiger partial charge in [0.25, 0.3) is 5.91 Å². The second-order valence-electron chi connectivity index (χ2n) is 8.10. The van der Waals surface area contributed by atoms with Crippen molar-refractivity contribution in [3.8, 4) is 6.07 Å². The third-order valence-corrected chi connectivity index (χ3v) is 5.95. The van der Waals surface area contributed by atoms with Gasteiger partial charge in [-0.15, -0.1) is 0 Å². The number of amides is 1. The number of Topliss-reactive ketones (excluding diaryl/α,β-unsaturated/α-hetero) is 1. The van der Waals surface area contributed by atoms with Crippen LogP contribution >= 0.6 is 0 Å². The maximum absolute atomic E-state index is 12.6. The fourth-order valence-electron chi connectivity index (χ4n) is 4.78. The van der Waals surface area contributed by atoms with E-state index in [1.165, 1.54) is 0 Å². The van der Waals surface area contributed by atoms with E-state index in [2.05, 4.69) is 18.3 Å². The number of rotatable bonds is 2. The summed E-state index contributed by atoms with van der Waals surface area (Å²) < 4.78 is 0. The Kier molecular flexibility index (Phi) is 4.28. The Morgan fingerprint density at radius 1 is 1.20 bits per heavy atom. The summed E-state index contributed by atoms with van der Waals surface area (Å²) in [6.45, 7) is 6.01. The van der Waals surface area contributed by atoms with E-state index in [1.54, 1.807) is 12.1 Å². The molecule has 0 aromatic heterocycles. The number of carbonyl (C=O) groups excluding carboxylic acids is 2. The van der Waals surface area contributed by atoms with E-state index in [-0.39, 0.29) is 34.6 Å². The predicted octanol–water partition coefficient (Wildman–Crippen LogP) is 3.65. The summed E-state index contributed by atoms with van der Waals surface area (Å²) in [4.78, 5) is 25.0. The van der Waals surface area contributed by atoms with E-state index in [0.717, 1.165) is 19.3 Å². The van der Waals surface area contributed by atoms with Gasteiger partial charge in [-0.05, 0) is 42.7 Å². The third kappa shape index (κ3) is 3.00. The van der Waals surface area contributed by atoms with Crippen LogP contribution in [-0.2, 0) is 4.79 Å². The largest absolute Gasteiger partial charge is 0.349 e. The molecule has 3 rings (SSSR count). The first-order valence-corrected chi connectivity index (χ1v) is 8.81. The zero-order valence-corrected chi connectivity index (χ0v) is 15.0. The number of carbonyl (C=O) groups is 2. The van der Waals surface area contributed by atoms with Gasteiger partial charge in [0, 0.05) is 17.0 Å². The molecule has 2 aliphatic rings. The zero-order chi connectivity index (χ0) is 18.2. The van der Waals surface area contributed by atoms with Crippen LogP contribution in [0, 0.1) is 28.1 Å². The Balaban J connectivity index is 1.82. The molecule has 1 amide bonds. The summed E-state index contributed by atoms with van der Waals surface area (Å²) in [5.74, 6) is 0.0713. The van der Waals surface area contributed by atoms with Crippen molar-refractivity contribution in [2.24, 2.45) is 16.7 Å². The second-order valence-corrected chi connectivity index (χ2v) is 8.10. The minimum absolute atomic E-state index is 0.0501. The maximum atomic E-state index is 12.6. The maximum Gasteiger partial charge on any atom is 0.251 e. The number of nitrogens with zero attached hydrogens (tertiary/aromatic N) is 1. The van der Waals surface area contributed by atoms with E-state index < -0.39 is 5.41 Å². The molecule has 0 spiro atoms. The molecule has 25 heavy (non-hydrogen) atoms. The van der Waals surface area contributed by atoms with Gasteiger partial charge in [0.15, 0.2) is 5.78 Å². The minimum Gasteiger partial charge on any atom is -0.349 e. The molecule has 1 fully saturated rings. The molecule has 2 aliphatic carbocycles. The highest BCUT2D eigenvalue weighted by atomic mass is 16.1. The number of nitriles is 1. The quantitative estimate of drug-likeness (QED) is 0.896. The van der Waals surface area contributed by atoms with Crippen molar-refractivity contribution in [1.29, 1.82) is 5.26 Å². The minimum atomic E-state index is -0.539. The smallest absolute Gasteiger partial charge is 0.251 e.